The van der Waals surface area contributed by atoms with E-state index in [2.05, 4.69) is 54.2 Å². The van der Waals surface area contributed by atoms with Crippen LogP contribution in [0.4, 0.5) is 0 Å². The number of nitrogens with zero attached hydrogens (tertiary/aromatic N) is 1. The number of hydrogen-bond acceptors (Lipinski definition) is 2. The van der Waals surface area contributed by atoms with Gasteiger partial charge in [-0.25, -0.2) is 4.99 Å². The maximum atomic E-state index is 4.48. The Balaban J connectivity index is 2.93. The molecule has 0 aliphatic heterocycles. The van der Waals surface area contributed by atoms with Crippen molar-refractivity contribution in [2.75, 3.05) is 0 Å². The van der Waals surface area contributed by atoms with E-state index in [9.17, 15) is 0 Å². The maximum Gasteiger partial charge on any atom is 0.0754 e. The summed E-state index contributed by atoms with van der Waals surface area (Å²) >= 11 is 11.3. The molecule has 0 bridgehead atoms. The Hall–Kier alpha value is -0.0200. The predicted octanol–water partition coefficient (Wildman–Crippen LogP) is 3.81. The molecule has 1 aromatic carbocycles. The van der Waals surface area contributed by atoms with Crippen LogP contribution in [0.15, 0.2) is 32.1 Å². The van der Waals surface area contributed by atoms with E-state index in [4.69, 9.17) is 0 Å². The van der Waals surface area contributed by atoms with Crippen molar-refractivity contribution >= 4 is 49.2 Å². The molecule has 0 saturated carbocycles. The Morgan fingerprint density at radius 2 is 2.17 bits per heavy atom. The highest BCUT2D eigenvalue weighted by atomic mass is 79.9. The standard InChI is InChI=1S/C8H5Br2NS/c9-7-2-1-6(4-11-5-12)8(10)3-7/h1-3H,4H2. The lowest BCUT2D eigenvalue weighted by Gasteiger charge is -1.99. The molecule has 0 unspecified atom stereocenters. The van der Waals surface area contributed by atoms with Crippen LogP contribution >= 0.6 is 44.1 Å². The predicted molar refractivity (Wildman–Crippen MR) is 60.6 cm³/mol. The fourth-order valence-corrected chi connectivity index (χ4v) is 2.00. The smallest absolute Gasteiger partial charge is 0.0754 e. The largest absolute Gasteiger partial charge is 0.228 e. The normalized spacial score (nSPS) is 9.17. The van der Waals surface area contributed by atoms with Crippen molar-refractivity contribution in [1.82, 2.24) is 0 Å². The van der Waals surface area contributed by atoms with Crippen molar-refractivity contribution < 1.29 is 0 Å². The summed E-state index contributed by atoms with van der Waals surface area (Å²) in [6, 6.07) is 5.94. The van der Waals surface area contributed by atoms with Crippen molar-refractivity contribution in [3.63, 3.8) is 0 Å². The molecule has 0 aliphatic rings. The fourth-order valence-electron chi connectivity index (χ4n) is 0.767. The Morgan fingerprint density at radius 1 is 1.42 bits per heavy atom. The molecule has 0 N–H and O–H groups in total. The third-order valence-electron chi connectivity index (χ3n) is 1.33. The molecule has 1 rings (SSSR count). The number of hydrogen-bond donors (Lipinski definition) is 0. The lowest BCUT2D eigenvalue weighted by atomic mass is 10.2. The number of aliphatic imine (C=N–C) groups is 1. The first-order valence-electron chi connectivity index (χ1n) is 3.21. The third-order valence-corrected chi connectivity index (χ3v) is 2.69. The van der Waals surface area contributed by atoms with Crippen LogP contribution in [0.2, 0.25) is 0 Å². The van der Waals surface area contributed by atoms with E-state index in [-0.39, 0.29) is 0 Å². The van der Waals surface area contributed by atoms with Crippen molar-refractivity contribution in [2.45, 2.75) is 6.54 Å². The maximum absolute atomic E-state index is 4.48. The SMILES string of the molecule is S=C=NCc1ccc(Br)cc1Br. The van der Waals surface area contributed by atoms with Gasteiger partial charge in [0.1, 0.15) is 0 Å². The van der Waals surface area contributed by atoms with E-state index in [0.29, 0.717) is 6.54 Å². The summed E-state index contributed by atoms with van der Waals surface area (Å²) in [6.07, 6.45) is 0. The minimum Gasteiger partial charge on any atom is -0.228 e. The molecule has 0 spiro atoms. The monoisotopic (exact) mass is 305 g/mol. The van der Waals surface area contributed by atoms with Gasteiger partial charge in [-0.05, 0) is 29.9 Å². The van der Waals surface area contributed by atoms with E-state index < -0.39 is 0 Å². The van der Waals surface area contributed by atoms with Crippen LogP contribution in [0, 0.1) is 0 Å². The molecule has 0 fully saturated rings. The van der Waals surface area contributed by atoms with Crippen molar-refractivity contribution in [1.29, 1.82) is 0 Å². The first kappa shape index (κ1) is 10.1. The van der Waals surface area contributed by atoms with Crippen molar-refractivity contribution in [3.05, 3.63) is 32.7 Å². The zero-order chi connectivity index (χ0) is 8.97. The van der Waals surface area contributed by atoms with Gasteiger partial charge in [0.15, 0.2) is 0 Å². The van der Waals surface area contributed by atoms with Gasteiger partial charge in [-0.2, -0.15) is 0 Å². The number of isothiocyanates is 1. The Labute approximate surface area is 93.2 Å². The van der Waals surface area contributed by atoms with Gasteiger partial charge in [-0.15, -0.1) is 0 Å². The van der Waals surface area contributed by atoms with Gasteiger partial charge in [0.05, 0.1) is 11.7 Å². The number of thiocarbonyl (C=S) groups is 1. The summed E-state index contributed by atoms with van der Waals surface area (Å²) in [4.78, 5) is 3.85. The second kappa shape index (κ2) is 4.87. The number of benzene rings is 1. The molecule has 4 heteroatoms. The van der Waals surface area contributed by atoms with Crippen LogP contribution in [0.25, 0.3) is 0 Å². The summed E-state index contributed by atoms with van der Waals surface area (Å²) in [5.74, 6) is 0. The molecular formula is C8H5Br2NS. The average Bonchev–Trinajstić information content (AvgIpc) is 2.03. The van der Waals surface area contributed by atoms with Gasteiger partial charge in [-0.3, -0.25) is 0 Å². The molecule has 0 saturated heterocycles. The van der Waals surface area contributed by atoms with Gasteiger partial charge in [0, 0.05) is 8.95 Å². The van der Waals surface area contributed by atoms with Gasteiger partial charge in [0.25, 0.3) is 0 Å². The zero-order valence-electron chi connectivity index (χ0n) is 6.05. The van der Waals surface area contributed by atoms with Crippen LogP contribution in [0.3, 0.4) is 0 Å². The van der Waals surface area contributed by atoms with Gasteiger partial charge < -0.3 is 0 Å². The quantitative estimate of drug-likeness (QED) is 0.598. The zero-order valence-corrected chi connectivity index (χ0v) is 10.0. The summed E-state index contributed by atoms with van der Waals surface area (Å²) in [5, 5.41) is 2.33. The van der Waals surface area contributed by atoms with E-state index in [0.717, 1.165) is 14.5 Å². The topological polar surface area (TPSA) is 12.4 Å². The molecule has 0 atom stereocenters. The Morgan fingerprint density at radius 3 is 2.75 bits per heavy atom. The highest BCUT2D eigenvalue weighted by molar-refractivity contribution is 9.11. The summed E-state index contributed by atoms with van der Waals surface area (Å²) < 4.78 is 2.08. The van der Waals surface area contributed by atoms with Gasteiger partial charge >= 0.3 is 0 Å². The molecule has 0 radical (unpaired) electrons. The van der Waals surface area contributed by atoms with Crippen LogP contribution < -0.4 is 0 Å². The molecule has 0 amide bonds. The average molecular weight is 307 g/mol. The molecule has 1 aromatic rings. The fraction of sp³-hybridized carbons (Fsp3) is 0.125. The first-order chi connectivity index (χ1) is 5.74. The minimum atomic E-state index is 0.581. The molecule has 0 aliphatic carbocycles. The second-order valence-electron chi connectivity index (χ2n) is 2.14. The van der Waals surface area contributed by atoms with Crippen molar-refractivity contribution in [3.8, 4) is 0 Å². The molecule has 0 aromatic heterocycles. The lowest BCUT2D eigenvalue weighted by Crippen LogP contribution is -1.82. The van der Waals surface area contributed by atoms with Crippen LogP contribution in [0.1, 0.15) is 5.56 Å². The highest BCUT2D eigenvalue weighted by Crippen LogP contribution is 2.22. The molecule has 0 heterocycles. The summed E-state index contributed by atoms with van der Waals surface area (Å²) in [6.45, 7) is 0.581. The number of rotatable bonds is 2. The first-order valence-corrected chi connectivity index (χ1v) is 5.21. The van der Waals surface area contributed by atoms with Crippen molar-refractivity contribution in [2.24, 2.45) is 4.99 Å². The van der Waals surface area contributed by atoms with E-state index in [1.54, 1.807) is 0 Å². The summed E-state index contributed by atoms with van der Waals surface area (Å²) in [5.41, 5.74) is 1.11. The molecule has 12 heavy (non-hydrogen) atoms. The second-order valence-corrected chi connectivity index (χ2v) is 4.10. The minimum absolute atomic E-state index is 0.581. The Bertz CT molecular complexity index is 332. The number of halogens is 2. The van der Waals surface area contributed by atoms with E-state index >= 15 is 0 Å². The summed E-state index contributed by atoms with van der Waals surface area (Å²) in [7, 11) is 0. The van der Waals surface area contributed by atoms with Crippen LogP contribution in [-0.4, -0.2) is 5.16 Å². The molecular weight excluding hydrogens is 302 g/mol. The van der Waals surface area contributed by atoms with Crippen LogP contribution in [-0.2, 0) is 6.54 Å². The molecule has 62 valence electrons. The Kier molecular flexibility index (Phi) is 4.09. The van der Waals surface area contributed by atoms with E-state index in [1.807, 2.05) is 18.2 Å². The third kappa shape index (κ3) is 2.79. The van der Waals surface area contributed by atoms with Crippen LogP contribution in [0.5, 0.6) is 0 Å². The highest BCUT2D eigenvalue weighted by Gasteiger charge is 1.98. The molecule has 1 nitrogen and oxygen atoms in total. The van der Waals surface area contributed by atoms with Gasteiger partial charge in [-0.1, -0.05) is 37.9 Å². The lowest BCUT2D eigenvalue weighted by molar-refractivity contribution is 1.07. The van der Waals surface area contributed by atoms with Gasteiger partial charge in [0.2, 0.25) is 0 Å². The van der Waals surface area contributed by atoms with E-state index in [1.165, 1.54) is 0 Å².